The first-order chi connectivity index (χ1) is 15.2. The molecule has 4 nitrogen and oxygen atoms in total. The van der Waals surface area contributed by atoms with Gasteiger partial charge in [-0.05, 0) is 43.9 Å². The van der Waals surface area contributed by atoms with Crippen LogP contribution < -0.4 is 10.3 Å². The molecule has 0 radical (unpaired) electrons. The highest BCUT2D eigenvalue weighted by Crippen LogP contribution is 2.40. The highest BCUT2D eigenvalue weighted by Gasteiger charge is 2.40. The van der Waals surface area contributed by atoms with Crippen molar-refractivity contribution in [3.8, 4) is 16.9 Å². The predicted molar refractivity (Wildman–Crippen MR) is 117 cm³/mol. The summed E-state index contributed by atoms with van der Waals surface area (Å²) < 4.78 is 47.5. The van der Waals surface area contributed by atoms with E-state index in [0.717, 1.165) is 32.2 Å². The second-order valence-electron chi connectivity index (χ2n) is 8.24. The van der Waals surface area contributed by atoms with E-state index in [1.165, 1.54) is 35.2 Å². The van der Waals surface area contributed by atoms with Crippen LogP contribution >= 0.6 is 11.6 Å². The number of piperidine rings is 1. The molecule has 2 atom stereocenters. The van der Waals surface area contributed by atoms with E-state index in [1.54, 1.807) is 6.07 Å². The maximum atomic E-state index is 14.0. The first-order valence-corrected chi connectivity index (χ1v) is 11.1. The average Bonchev–Trinajstić information content (AvgIpc) is 2.76. The number of aromatic hydroxyl groups is 1. The number of nitrogens with one attached hydrogen (secondary N) is 1. The summed E-state index contributed by atoms with van der Waals surface area (Å²) in [6, 6.07) is 8.87. The van der Waals surface area contributed by atoms with E-state index in [2.05, 4.69) is 6.92 Å². The molecule has 4 rings (SSSR count). The highest BCUT2D eigenvalue weighted by atomic mass is 35.5. The Balaban J connectivity index is 1.97. The monoisotopic (exact) mass is 466 g/mol. The van der Waals surface area contributed by atoms with Crippen LogP contribution in [0.2, 0.25) is 5.02 Å². The number of alkyl halides is 3. The molecule has 1 fully saturated rings. The molecule has 1 aliphatic rings. The minimum absolute atomic E-state index is 0.00909. The van der Waals surface area contributed by atoms with Gasteiger partial charge in [0, 0.05) is 10.6 Å². The van der Waals surface area contributed by atoms with E-state index >= 15 is 0 Å². The number of hydrogen-bond donors (Lipinski definition) is 2. The van der Waals surface area contributed by atoms with Crippen LogP contribution in [0.1, 0.15) is 43.9 Å². The first-order valence-electron chi connectivity index (χ1n) is 10.7. The second-order valence-corrected chi connectivity index (χ2v) is 8.65. The minimum atomic E-state index is -4.92. The maximum absolute atomic E-state index is 14.0. The van der Waals surface area contributed by atoms with Crippen LogP contribution in [0.3, 0.4) is 0 Å². The number of halogens is 4. The Labute approximate surface area is 188 Å². The lowest BCUT2D eigenvalue weighted by atomic mass is 9.97. The molecule has 0 aliphatic carbocycles. The van der Waals surface area contributed by atoms with Gasteiger partial charge in [0.2, 0.25) is 11.2 Å². The normalized spacial score (nSPS) is 19.4. The second kappa shape index (κ2) is 8.79. The van der Waals surface area contributed by atoms with Gasteiger partial charge in [-0.2, -0.15) is 13.2 Å². The lowest BCUT2D eigenvalue weighted by Gasteiger charge is -2.32. The summed E-state index contributed by atoms with van der Waals surface area (Å²) in [5.74, 6) is -1.58. The van der Waals surface area contributed by atoms with Gasteiger partial charge < -0.3 is 14.4 Å². The number of quaternary nitrogens is 1. The van der Waals surface area contributed by atoms with Crippen molar-refractivity contribution in [2.24, 2.45) is 0 Å². The van der Waals surface area contributed by atoms with Crippen LogP contribution in [-0.4, -0.2) is 17.7 Å². The van der Waals surface area contributed by atoms with Gasteiger partial charge in [-0.1, -0.05) is 36.7 Å². The van der Waals surface area contributed by atoms with Crippen LogP contribution in [0, 0.1) is 0 Å². The summed E-state index contributed by atoms with van der Waals surface area (Å²) in [7, 11) is 0. The molecule has 170 valence electrons. The molecule has 1 aliphatic heterocycles. The average molecular weight is 467 g/mol. The Morgan fingerprint density at radius 3 is 2.62 bits per heavy atom. The standard InChI is InChI=1S/C24H23ClF3NO3/c1-2-14-7-5-6-12-29(14)13-17-19(30)11-10-16-21(31)20(15-8-3-4-9-18(15)25)23(24(26,27)28)32-22(16)17/h3-4,8-11,14,30H,2,5-7,12-13H2,1H3/p+1/t14-/m0/s1. The van der Waals surface area contributed by atoms with Gasteiger partial charge in [0.15, 0.2) is 5.58 Å². The fourth-order valence-electron chi connectivity index (χ4n) is 4.69. The third-order valence-electron chi connectivity index (χ3n) is 6.31. The largest absolute Gasteiger partial charge is 0.507 e. The van der Waals surface area contributed by atoms with Gasteiger partial charge in [0.25, 0.3) is 0 Å². The molecule has 0 bridgehead atoms. The van der Waals surface area contributed by atoms with Crippen molar-refractivity contribution in [1.29, 1.82) is 0 Å². The van der Waals surface area contributed by atoms with E-state index < -0.39 is 22.9 Å². The molecule has 32 heavy (non-hydrogen) atoms. The van der Waals surface area contributed by atoms with Crippen LogP contribution in [0.5, 0.6) is 5.75 Å². The number of benzene rings is 2. The molecule has 1 unspecified atom stereocenters. The van der Waals surface area contributed by atoms with Crippen LogP contribution in [0.4, 0.5) is 13.2 Å². The highest BCUT2D eigenvalue weighted by molar-refractivity contribution is 6.33. The number of fused-ring (bicyclic) bond motifs is 1. The number of phenols is 1. The Hall–Kier alpha value is -2.51. The lowest BCUT2D eigenvalue weighted by molar-refractivity contribution is -0.944. The zero-order valence-electron chi connectivity index (χ0n) is 17.6. The van der Waals surface area contributed by atoms with Crippen molar-refractivity contribution in [3.63, 3.8) is 0 Å². The van der Waals surface area contributed by atoms with Crippen molar-refractivity contribution >= 4 is 22.6 Å². The quantitative estimate of drug-likeness (QED) is 0.556. The van der Waals surface area contributed by atoms with E-state index in [1.807, 2.05) is 0 Å². The van der Waals surface area contributed by atoms with Gasteiger partial charge in [-0.3, -0.25) is 4.79 Å². The molecule has 0 amide bonds. The number of likely N-dealkylation sites (tertiary alicyclic amines) is 1. The molecule has 2 heterocycles. The fourth-order valence-corrected chi connectivity index (χ4v) is 4.92. The van der Waals surface area contributed by atoms with E-state index in [-0.39, 0.29) is 39.4 Å². The molecule has 2 N–H and O–H groups in total. The molecule has 3 aromatic rings. The molecule has 1 aromatic heterocycles. The molecule has 1 saturated heterocycles. The van der Waals surface area contributed by atoms with Crippen molar-refractivity contribution < 1.29 is 27.6 Å². The van der Waals surface area contributed by atoms with Crippen LogP contribution in [0.15, 0.2) is 45.6 Å². The summed E-state index contributed by atoms with van der Waals surface area (Å²) in [5.41, 5.74) is -1.48. The van der Waals surface area contributed by atoms with Crippen molar-refractivity contribution in [3.05, 3.63) is 63.0 Å². The molecule has 8 heteroatoms. The summed E-state index contributed by atoms with van der Waals surface area (Å²) in [6.45, 7) is 3.21. The molecule has 2 aromatic carbocycles. The first kappa shape index (κ1) is 22.7. The Bertz CT molecular complexity index is 1210. The van der Waals surface area contributed by atoms with E-state index in [9.17, 15) is 23.1 Å². The van der Waals surface area contributed by atoms with Gasteiger partial charge in [-0.15, -0.1) is 0 Å². The Morgan fingerprint density at radius 2 is 1.94 bits per heavy atom. The maximum Gasteiger partial charge on any atom is 0.450 e. The topological polar surface area (TPSA) is 54.9 Å². The summed E-state index contributed by atoms with van der Waals surface area (Å²) in [6.07, 6.45) is -0.862. The summed E-state index contributed by atoms with van der Waals surface area (Å²) >= 11 is 6.13. The third-order valence-corrected chi connectivity index (χ3v) is 6.64. The predicted octanol–water partition coefficient (Wildman–Crippen LogP) is 5.19. The number of hydrogen-bond acceptors (Lipinski definition) is 3. The van der Waals surface area contributed by atoms with Crippen LogP contribution in [0.25, 0.3) is 22.1 Å². The van der Waals surface area contributed by atoms with Crippen molar-refractivity contribution in [2.45, 2.75) is 51.4 Å². The van der Waals surface area contributed by atoms with Gasteiger partial charge in [0.1, 0.15) is 12.3 Å². The lowest BCUT2D eigenvalue weighted by Crippen LogP contribution is -3.15. The SMILES string of the molecule is CC[C@H]1CCCC[NH+]1Cc1c(O)ccc2c(=O)c(-c3ccccc3Cl)c(C(F)(F)F)oc12. The smallest absolute Gasteiger partial charge is 0.450 e. The summed E-state index contributed by atoms with van der Waals surface area (Å²) in [5, 5.41) is 10.5. The summed E-state index contributed by atoms with van der Waals surface area (Å²) in [4.78, 5) is 14.5. The Morgan fingerprint density at radius 1 is 1.19 bits per heavy atom. The number of phenolic OH excluding ortho intramolecular Hbond substituents is 1. The molecular weight excluding hydrogens is 443 g/mol. The fraction of sp³-hybridized carbons (Fsp3) is 0.375. The minimum Gasteiger partial charge on any atom is -0.507 e. The zero-order chi connectivity index (χ0) is 23.0. The van der Waals surface area contributed by atoms with E-state index in [4.69, 9.17) is 16.0 Å². The van der Waals surface area contributed by atoms with Gasteiger partial charge >= 0.3 is 6.18 Å². The zero-order valence-corrected chi connectivity index (χ0v) is 18.3. The van der Waals surface area contributed by atoms with Crippen molar-refractivity contribution in [2.75, 3.05) is 6.54 Å². The third kappa shape index (κ3) is 4.11. The van der Waals surface area contributed by atoms with Crippen LogP contribution in [-0.2, 0) is 12.7 Å². The van der Waals surface area contributed by atoms with E-state index in [0.29, 0.717) is 6.04 Å². The molecule has 0 spiro atoms. The molecule has 0 saturated carbocycles. The van der Waals surface area contributed by atoms with Gasteiger partial charge in [-0.25, -0.2) is 0 Å². The Kier molecular flexibility index (Phi) is 6.23. The van der Waals surface area contributed by atoms with Crippen molar-refractivity contribution in [1.82, 2.24) is 0 Å². The number of rotatable bonds is 4. The molecular formula is C24H24ClF3NO3+. The van der Waals surface area contributed by atoms with Gasteiger partial charge in [0.05, 0.1) is 29.1 Å².